The summed E-state index contributed by atoms with van der Waals surface area (Å²) >= 11 is 11.2. The van der Waals surface area contributed by atoms with Crippen LogP contribution in [-0.2, 0) is 6.54 Å². The number of H-pyrrole nitrogens is 1. The summed E-state index contributed by atoms with van der Waals surface area (Å²) in [5, 5.41) is 0.102. The fourth-order valence-corrected chi connectivity index (χ4v) is 2.70. The summed E-state index contributed by atoms with van der Waals surface area (Å²) in [7, 11) is 0. The van der Waals surface area contributed by atoms with E-state index in [0.717, 1.165) is 5.52 Å². The van der Waals surface area contributed by atoms with E-state index in [4.69, 9.17) is 23.8 Å². The molecule has 1 aromatic heterocycles. The molecule has 0 amide bonds. The Labute approximate surface area is 125 Å². The second kappa shape index (κ2) is 5.04. The SMILES string of the molecule is Cc1ccccc1Cn1c(=S)[nH]c2cc(F)c(Cl)cc21. The Bertz CT molecular complexity index is 851. The highest BCUT2D eigenvalue weighted by Crippen LogP contribution is 2.24. The Morgan fingerprint density at radius 3 is 2.80 bits per heavy atom. The minimum Gasteiger partial charge on any atom is -0.330 e. The molecule has 0 spiro atoms. The Kier molecular flexibility index (Phi) is 3.36. The summed E-state index contributed by atoms with van der Waals surface area (Å²) in [6.07, 6.45) is 0. The molecule has 1 N–H and O–H groups in total. The second-order valence-electron chi connectivity index (χ2n) is 4.73. The molecule has 0 bridgehead atoms. The smallest absolute Gasteiger partial charge is 0.178 e. The van der Waals surface area contributed by atoms with Gasteiger partial charge in [-0.3, -0.25) is 0 Å². The number of benzene rings is 2. The molecule has 0 radical (unpaired) electrons. The lowest BCUT2D eigenvalue weighted by molar-refractivity contribution is 0.629. The van der Waals surface area contributed by atoms with Crippen LogP contribution in [0.1, 0.15) is 11.1 Å². The molecule has 20 heavy (non-hydrogen) atoms. The van der Waals surface area contributed by atoms with Crippen molar-refractivity contribution in [2.24, 2.45) is 0 Å². The zero-order valence-electron chi connectivity index (χ0n) is 10.8. The van der Waals surface area contributed by atoms with Gasteiger partial charge in [-0.25, -0.2) is 4.39 Å². The zero-order chi connectivity index (χ0) is 14.3. The van der Waals surface area contributed by atoms with Crippen molar-refractivity contribution in [1.29, 1.82) is 0 Å². The number of aryl methyl sites for hydroxylation is 1. The molecule has 0 aliphatic carbocycles. The van der Waals surface area contributed by atoms with E-state index in [0.29, 0.717) is 16.8 Å². The van der Waals surface area contributed by atoms with Crippen molar-refractivity contribution in [2.75, 3.05) is 0 Å². The zero-order valence-corrected chi connectivity index (χ0v) is 12.4. The fraction of sp³-hybridized carbons (Fsp3) is 0.133. The van der Waals surface area contributed by atoms with E-state index < -0.39 is 5.82 Å². The van der Waals surface area contributed by atoms with Gasteiger partial charge in [-0.05, 0) is 36.3 Å². The molecule has 0 saturated carbocycles. The minimum absolute atomic E-state index is 0.102. The lowest BCUT2D eigenvalue weighted by atomic mass is 10.1. The first kappa shape index (κ1) is 13.3. The Morgan fingerprint density at radius 1 is 1.30 bits per heavy atom. The van der Waals surface area contributed by atoms with Crippen molar-refractivity contribution in [3.8, 4) is 0 Å². The minimum atomic E-state index is -0.446. The number of hydrogen-bond acceptors (Lipinski definition) is 1. The molecule has 3 rings (SSSR count). The molecular weight excluding hydrogens is 295 g/mol. The Morgan fingerprint density at radius 2 is 2.05 bits per heavy atom. The monoisotopic (exact) mass is 306 g/mol. The molecule has 0 saturated heterocycles. The van der Waals surface area contributed by atoms with E-state index in [-0.39, 0.29) is 5.02 Å². The van der Waals surface area contributed by atoms with Crippen molar-refractivity contribution in [2.45, 2.75) is 13.5 Å². The first-order valence-corrected chi connectivity index (χ1v) is 6.97. The van der Waals surface area contributed by atoms with Gasteiger partial charge in [0.2, 0.25) is 0 Å². The van der Waals surface area contributed by atoms with E-state index in [1.54, 1.807) is 6.07 Å². The van der Waals surface area contributed by atoms with Gasteiger partial charge in [-0.1, -0.05) is 35.9 Å². The number of imidazole rings is 1. The topological polar surface area (TPSA) is 20.7 Å². The maximum Gasteiger partial charge on any atom is 0.178 e. The molecule has 0 atom stereocenters. The van der Waals surface area contributed by atoms with Gasteiger partial charge in [-0.15, -0.1) is 0 Å². The van der Waals surface area contributed by atoms with Crippen LogP contribution in [0.3, 0.4) is 0 Å². The molecular formula is C15H12ClFN2S. The predicted molar refractivity (Wildman–Crippen MR) is 82.4 cm³/mol. The lowest BCUT2D eigenvalue weighted by Gasteiger charge is -2.08. The largest absolute Gasteiger partial charge is 0.330 e. The number of aromatic amines is 1. The van der Waals surface area contributed by atoms with Crippen molar-refractivity contribution in [3.05, 3.63) is 63.1 Å². The molecule has 1 heterocycles. The lowest BCUT2D eigenvalue weighted by Crippen LogP contribution is -2.01. The van der Waals surface area contributed by atoms with Crippen LogP contribution >= 0.6 is 23.8 Å². The summed E-state index contributed by atoms with van der Waals surface area (Å²) in [5.41, 5.74) is 3.83. The van der Waals surface area contributed by atoms with Crippen LogP contribution in [0.15, 0.2) is 36.4 Å². The summed E-state index contributed by atoms with van der Waals surface area (Å²) in [6, 6.07) is 11.1. The summed E-state index contributed by atoms with van der Waals surface area (Å²) in [6.45, 7) is 2.69. The highest BCUT2D eigenvalue weighted by Gasteiger charge is 2.10. The molecule has 2 nitrogen and oxygen atoms in total. The van der Waals surface area contributed by atoms with Crippen LogP contribution in [0.25, 0.3) is 11.0 Å². The maximum absolute atomic E-state index is 13.5. The van der Waals surface area contributed by atoms with Gasteiger partial charge in [0.1, 0.15) is 5.82 Å². The van der Waals surface area contributed by atoms with Gasteiger partial charge in [0.05, 0.1) is 22.6 Å². The quantitative estimate of drug-likeness (QED) is 0.671. The molecule has 3 aromatic rings. The van der Waals surface area contributed by atoms with Gasteiger partial charge in [0.15, 0.2) is 4.77 Å². The van der Waals surface area contributed by atoms with Crippen LogP contribution in [0.4, 0.5) is 4.39 Å². The van der Waals surface area contributed by atoms with Crippen LogP contribution in [-0.4, -0.2) is 9.55 Å². The van der Waals surface area contributed by atoms with Gasteiger partial charge in [0, 0.05) is 6.07 Å². The Balaban J connectivity index is 2.17. The fourth-order valence-electron chi connectivity index (χ4n) is 2.27. The average Bonchev–Trinajstić information content (AvgIpc) is 2.69. The predicted octanol–water partition coefficient (Wildman–Crippen LogP) is 4.85. The summed E-state index contributed by atoms with van der Waals surface area (Å²) < 4.78 is 16.0. The molecule has 5 heteroatoms. The van der Waals surface area contributed by atoms with E-state index in [9.17, 15) is 4.39 Å². The van der Waals surface area contributed by atoms with E-state index in [1.807, 2.05) is 16.7 Å². The third kappa shape index (κ3) is 2.25. The van der Waals surface area contributed by atoms with Crippen molar-refractivity contribution in [1.82, 2.24) is 9.55 Å². The number of nitrogens with one attached hydrogen (secondary N) is 1. The second-order valence-corrected chi connectivity index (χ2v) is 5.52. The number of aromatic nitrogens is 2. The van der Waals surface area contributed by atoms with Crippen LogP contribution in [0.2, 0.25) is 5.02 Å². The van der Waals surface area contributed by atoms with Crippen LogP contribution in [0, 0.1) is 17.5 Å². The van der Waals surface area contributed by atoms with Gasteiger partial charge in [0.25, 0.3) is 0 Å². The normalized spacial score (nSPS) is 11.2. The van der Waals surface area contributed by atoms with E-state index in [1.165, 1.54) is 17.2 Å². The third-order valence-electron chi connectivity index (χ3n) is 3.41. The van der Waals surface area contributed by atoms with E-state index >= 15 is 0 Å². The van der Waals surface area contributed by atoms with E-state index in [2.05, 4.69) is 24.0 Å². The molecule has 2 aromatic carbocycles. The van der Waals surface area contributed by atoms with Crippen LogP contribution in [0.5, 0.6) is 0 Å². The molecule has 102 valence electrons. The number of fused-ring (bicyclic) bond motifs is 1. The third-order valence-corrected chi connectivity index (χ3v) is 4.02. The van der Waals surface area contributed by atoms with Gasteiger partial charge >= 0.3 is 0 Å². The average molecular weight is 307 g/mol. The first-order chi connectivity index (χ1) is 9.56. The first-order valence-electron chi connectivity index (χ1n) is 6.18. The molecule has 0 aliphatic heterocycles. The number of halogens is 2. The number of hydrogen-bond donors (Lipinski definition) is 1. The summed E-state index contributed by atoms with van der Waals surface area (Å²) in [5.74, 6) is -0.446. The standard InChI is InChI=1S/C15H12ClFN2S/c1-9-4-2-3-5-10(9)8-19-14-6-11(16)12(17)7-13(14)18-15(19)20/h2-7H,8H2,1H3,(H,18,20). The van der Waals surface area contributed by atoms with Gasteiger partial charge < -0.3 is 9.55 Å². The number of rotatable bonds is 2. The van der Waals surface area contributed by atoms with Crippen molar-refractivity contribution in [3.63, 3.8) is 0 Å². The van der Waals surface area contributed by atoms with Crippen molar-refractivity contribution >= 4 is 34.9 Å². The Hall–Kier alpha value is -1.65. The number of nitrogens with zero attached hydrogens (tertiary/aromatic N) is 1. The maximum atomic E-state index is 13.5. The molecule has 0 aliphatic rings. The van der Waals surface area contributed by atoms with Crippen molar-refractivity contribution < 1.29 is 4.39 Å². The molecule has 0 fully saturated rings. The summed E-state index contributed by atoms with van der Waals surface area (Å²) in [4.78, 5) is 3.01. The van der Waals surface area contributed by atoms with Crippen LogP contribution < -0.4 is 0 Å². The highest BCUT2D eigenvalue weighted by molar-refractivity contribution is 7.71. The highest BCUT2D eigenvalue weighted by atomic mass is 35.5. The van der Waals surface area contributed by atoms with Gasteiger partial charge in [-0.2, -0.15) is 0 Å². The molecule has 0 unspecified atom stereocenters.